The van der Waals surface area contributed by atoms with E-state index in [2.05, 4.69) is 4.98 Å². The fraction of sp³-hybridized carbons (Fsp3) is 0.100. The minimum Gasteiger partial charge on any atom is -0.395 e. The Morgan fingerprint density at radius 1 is 1.23 bits per heavy atom. The van der Waals surface area contributed by atoms with Crippen LogP contribution in [0, 0.1) is 6.92 Å². The van der Waals surface area contributed by atoms with Gasteiger partial charge in [-0.3, -0.25) is 0 Å². The van der Waals surface area contributed by atoms with Crippen LogP contribution in [-0.4, -0.2) is 4.98 Å². The Morgan fingerprint density at radius 3 is 2.77 bits per heavy atom. The molecule has 0 amide bonds. The number of hydrogen-bond acceptors (Lipinski definition) is 3. The molecule has 0 aliphatic heterocycles. The van der Waals surface area contributed by atoms with Gasteiger partial charge in [0.25, 0.3) is 0 Å². The summed E-state index contributed by atoms with van der Waals surface area (Å²) in [7, 11) is 0. The number of nitrogen functional groups attached to an aromatic ring is 2. The summed E-state index contributed by atoms with van der Waals surface area (Å²) in [4.78, 5) is 3.99. The minimum atomic E-state index is 0.401. The van der Waals surface area contributed by atoms with Crippen molar-refractivity contribution in [2.24, 2.45) is 0 Å². The van der Waals surface area contributed by atoms with Crippen molar-refractivity contribution in [3.05, 3.63) is 30.0 Å². The van der Waals surface area contributed by atoms with Gasteiger partial charge in [0.05, 0.1) is 5.69 Å². The number of fused-ring (bicyclic) bond motifs is 1. The van der Waals surface area contributed by atoms with Gasteiger partial charge in [-0.05, 0) is 13.0 Å². The number of anilines is 2. The Labute approximate surface area is 76.4 Å². The number of rotatable bonds is 0. The molecule has 13 heavy (non-hydrogen) atoms. The Hall–Kier alpha value is -1.77. The van der Waals surface area contributed by atoms with Crippen LogP contribution < -0.4 is 11.5 Å². The third-order valence-corrected chi connectivity index (χ3v) is 2.12. The van der Waals surface area contributed by atoms with Crippen LogP contribution in [0.3, 0.4) is 0 Å². The molecule has 0 aliphatic rings. The molecule has 0 atom stereocenters. The maximum absolute atomic E-state index is 5.80. The Bertz CT molecular complexity index is 458. The molecule has 0 radical (unpaired) electrons. The molecule has 1 heterocycles. The molecule has 0 bridgehead atoms. The first-order valence-corrected chi connectivity index (χ1v) is 4.09. The van der Waals surface area contributed by atoms with Gasteiger partial charge in [-0.15, -0.1) is 0 Å². The van der Waals surface area contributed by atoms with Gasteiger partial charge in [-0.25, -0.2) is 4.98 Å². The van der Waals surface area contributed by atoms with Crippen LogP contribution in [0.5, 0.6) is 0 Å². The number of hydrogen-bond donors (Lipinski definition) is 2. The third kappa shape index (κ3) is 1.18. The normalized spacial score (nSPS) is 10.5. The smallest absolute Gasteiger partial charge is 0.147 e. The number of pyridine rings is 1. The summed E-state index contributed by atoms with van der Waals surface area (Å²) in [5.41, 5.74) is 13.1. The van der Waals surface area contributed by atoms with Crippen LogP contribution in [0.25, 0.3) is 10.8 Å². The van der Waals surface area contributed by atoms with E-state index in [0.29, 0.717) is 11.5 Å². The lowest BCUT2D eigenvalue weighted by Crippen LogP contribution is -1.98. The summed E-state index contributed by atoms with van der Waals surface area (Å²) in [6.07, 6.45) is 1.74. The Kier molecular flexibility index (Phi) is 1.59. The summed E-state index contributed by atoms with van der Waals surface area (Å²) in [6.45, 7) is 2.02. The molecule has 2 aromatic rings. The topological polar surface area (TPSA) is 64.9 Å². The summed E-state index contributed by atoms with van der Waals surface area (Å²) in [6, 6.07) is 6.04. The average molecular weight is 173 g/mol. The molecule has 1 aromatic carbocycles. The first-order chi connectivity index (χ1) is 6.18. The van der Waals surface area contributed by atoms with Crippen molar-refractivity contribution in [2.45, 2.75) is 6.92 Å². The van der Waals surface area contributed by atoms with E-state index in [1.54, 1.807) is 6.20 Å². The van der Waals surface area contributed by atoms with Crippen molar-refractivity contribution in [1.82, 2.24) is 4.98 Å². The highest BCUT2D eigenvalue weighted by Crippen LogP contribution is 2.24. The van der Waals surface area contributed by atoms with Crippen LogP contribution in [-0.2, 0) is 0 Å². The van der Waals surface area contributed by atoms with Gasteiger partial charge >= 0.3 is 0 Å². The van der Waals surface area contributed by atoms with Crippen molar-refractivity contribution in [2.75, 3.05) is 11.5 Å². The fourth-order valence-corrected chi connectivity index (χ4v) is 1.36. The number of aromatic nitrogens is 1. The quantitative estimate of drug-likeness (QED) is 0.637. The maximum Gasteiger partial charge on any atom is 0.147 e. The van der Waals surface area contributed by atoms with Crippen LogP contribution in [0.2, 0.25) is 0 Å². The predicted octanol–water partition coefficient (Wildman–Crippen LogP) is 1.71. The molecule has 66 valence electrons. The first kappa shape index (κ1) is 7.86. The van der Waals surface area contributed by atoms with Crippen LogP contribution in [0.15, 0.2) is 24.4 Å². The number of nitrogens with two attached hydrogens (primary N) is 2. The lowest BCUT2D eigenvalue weighted by Gasteiger charge is -2.04. The highest BCUT2D eigenvalue weighted by atomic mass is 14.9. The molecule has 0 spiro atoms. The van der Waals surface area contributed by atoms with Gasteiger partial charge < -0.3 is 11.5 Å². The van der Waals surface area contributed by atoms with E-state index in [-0.39, 0.29) is 0 Å². The molecular formula is C10H11N3. The zero-order valence-electron chi connectivity index (χ0n) is 7.41. The van der Waals surface area contributed by atoms with Gasteiger partial charge in [0.2, 0.25) is 0 Å². The van der Waals surface area contributed by atoms with Crippen LogP contribution in [0.1, 0.15) is 5.56 Å². The summed E-state index contributed by atoms with van der Waals surface area (Å²) >= 11 is 0. The third-order valence-electron chi connectivity index (χ3n) is 2.12. The van der Waals surface area contributed by atoms with E-state index in [1.807, 2.05) is 25.1 Å². The second-order valence-electron chi connectivity index (χ2n) is 3.15. The molecule has 0 unspecified atom stereocenters. The monoisotopic (exact) mass is 173 g/mol. The van der Waals surface area contributed by atoms with Crippen molar-refractivity contribution >= 4 is 22.3 Å². The molecular weight excluding hydrogens is 162 g/mol. The van der Waals surface area contributed by atoms with E-state index in [1.165, 1.54) is 5.56 Å². The van der Waals surface area contributed by atoms with Gasteiger partial charge in [0.15, 0.2) is 0 Å². The van der Waals surface area contributed by atoms with Crippen LogP contribution >= 0.6 is 0 Å². The van der Waals surface area contributed by atoms with E-state index in [9.17, 15) is 0 Å². The molecule has 2 rings (SSSR count). The summed E-state index contributed by atoms with van der Waals surface area (Å²) in [5.74, 6) is 0.401. The predicted molar refractivity (Wildman–Crippen MR) is 55.3 cm³/mol. The second kappa shape index (κ2) is 2.62. The number of benzene rings is 1. The Balaban J connectivity index is 2.89. The fourth-order valence-electron chi connectivity index (χ4n) is 1.36. The van der Waals surface area contributed by atoms with E-state index < -0.39 is 0 Å². The molecule has 0 fully saturated rings. The zero-order chi connectivity index (χ0) is 9.42. The van der Waals surface area contributed by atoms with Gasteiger partial charge in [0.1, 0.15) is 5.82 Å². The molecule has 3 nitrogen and oxygen atoms in total. The second-order valence-corrected chi connectivity index (χ2v) is 3.15. The number of aryl methyl sites for hydroxylation is 1. The van der Waals surface area contributed by atoms with Gasteiger partial charge in [-0.1, -0.05) is 17.7 Å². The van der Waals surface area contributed by atoms with Crippen molar-refractivity contribution in [3.63, 3.8) is 0 Å². The largest absolute Gasteiger partial charge is 0.395 e. The standard InChI is InChI=1S/C10H11N3/c1-6-2-3-7-5-13-10(12)9(11)8(7)4-6/h2-5H,11H2,1H3,(H2,12,13). The SMILES string of the molecule is Cc1ccc2cnc(N)c(N)c2c1. The van der Waals surface area contributed by atoms with Crippen molar-refractivity contribution < 1.29 is 0 Å². The molecule has 0 saturated carbocycles. The molecule has 0 saturated heterocycles. The molecule has 0 aliphatic carbocycles. The lowest BCUT2D eigenvalue weighted by atomic mass is 10.1. The van der Waals surface area contributed by atoms with Crippen molar-refractivity contribution in [1.29, 1.82) is 0 Å². The van der Waals surface area contributed by atoms with Gasteiger partial charge in [0, 0.05) is 17.0 Å². The van der Waals surface area contributed by atoms with Crippen molar-refractivity contribution in [3.8, 4) is 0 Å². The van der Waals surface area contributed by atoms with Crippen LogP contribution in [0.4, 0.5) is 11.5 Å². The number of nitrogens with zero attached hydrogens (tertiary/aromatic N) is 1. The molecule has 4 N–H and O–H groups in total. The minimum absolute atomic E-state index is 0.401. The summed E-state index contributed by atoms with van der Waals surface area (Å²) < 4.78 is 0. The first-order valence-electron chi connectivity index (χ1n) is 4.09. The molecule has 1 aromatic heterocycles. The van der Waals surface area contributed by atoms with E-state index >= 15 is 0 Å². The molecule has 3 heteroatoms. The van der Waals surface area contributed by atoms with Gasteiger partial charge in [-0.2, -0.15) is 0 Å². The lowest BCUT2D eigenvalue weighted by molar-refractivity contribution is 1.37. The zero-order valence-corrected chi connectivity index (χ0v) is 7.41. The average Bonchev–Trinajstić information content (AvgIpc) is 2.12. The van der Waals surface area contributed by atoms with E-state index in [0.717, 1.165) is 10.8 Å². The summed E-state index contributed by atoms with van der Waals surface area (Å²) in [5, 5.41) is 2.00. The van der Waals surface area contributed by atoms with E-state index in [4.69, 9.17) is 11.5 Å². The Morgan fingerprint density at radius 2 is 2.00 bits per heavy atom. The highest BCUT2D eigenvalue weighted by Gasteiger charge is 2.02. The maximum atomic E-state index is 5.80. The highest BCUT2D eigenvalue weighted by molar-refractivity contribution is 5.96.